The topological polar surface area (TPSA) is 58.9 Å². The largest absolute Gasteiger partial charge is 0.284 e. The minimum absolute atomic E-state index is 0.138. The third-order valence-corrected chi connectivity index (χ3v) is 9.75. The maximum absolute atomic E-state index is 14.5. The van der Waals surface area contributed by atoms with Crippen LogP contribution in [0.3, 0.4) is 0 Å². The molecule has 2 aliphatic rings. The first kappa shape index (κ1) is 27.9. The lowest BCUT2D eigenvalue weighted by atomic mass is 9.70. The minimum Gasteiger partial charge on any atom is -0.284 e. The van der Waals surface area contributed by atoms with Gasteiger partial charge >= 0.3 is 0 Å². The molecule has 0 aromatic heterocycles. The van der Waals surface area contributed by atoms with Gasteiger partial charge in [0, 0.05) is 24.0 Å². The van der Waals surface area contributed by atoms with Crippen LogP contribution in [0, 0.1) is 0 Å². The maximum atomic E-state index is 14.5. The number of nitrogens with zero attached hydrogens (tertiary/aromatic N) is 2. The standard InChI is InChI=1S/C36H28N2O2S2/c1-25(27-15-7-3-8-16-27)23-35(33(39)41-31(37-35)29-19-11-5-12-20-29)36(24-26(2)28-17-9-4-10-18-28)34(40)42-32(38-36)30-21-13-6-14-22-30/h3-22H,1-2,23-24H2. The molecule has 0 amide bonds. The Morgan fingerprint density at radius 1 is 0.524 bits per heavy atom. The fourth-order valence-corrected chi connectivity index (χ4v) is 7.62. The molecule has 0 radical (unpaired) electrons. The third kappa shape index (κ3) is 5.02. The van der Waals surface area contributed by atoms with Crippen LogP contribution in [-0.4, -0.2) is 31.4 Å². The Hall–Kier alpha value is -4.26. The number of aliphatic imine (C=N–C) groups is 2. The lowest BCUT2D eigenvalue weighted by Crippen LogP contribution is -2.57. The Morgan fingerprint density at radius 2 is 0.833 bits per heavy atom. The van der Waals surface area contributed by atoms with Crippen molar-refractivity contribution in [3.05, 3.63) is 157 Å². The molecule has 0 N–H and O–H groups in total. The van der Waals surface area contributed by atoms with Crippen LogP contribution in [0.2, 0.25) is 0 Å². The smallest absolute Gasteiger partial charge is 0.226 e. The van der Waals surface area contributed by atoms with Gasteiger partial charge in [0.25, 0.3) is 0 Å². The first-order valence-corrected chi connectivity index (χ1v) is 15.3. The van der Waals surface area contributed by atoms with E-state index in [9.17, 15) is 9.59 Å². The van der Waals surface area contributed by atoms with E-state index in [1.165, 1.54) is 0 Å². The maximum Gasteiger partial charge on any atom is 0.226 e. The summed E-state index contributed by atoms with van der Waals surface area (Å²) in [7, 11) is 0. The average Bonchev–Trinajstić information content (AvgIpc) is 3.56. The van der Waals surface area contributed by atoms with Gasteiger partial charge in [-0.05, 0) is 45.8 Å². The molecule has 2 atom stereocenters. The molecule has 2 unspecified atom stereocenters. The summed E-state index contributed by atoms with van der Waals surface area (Å²) < 4.78 is 0. The van der Waals surface area contributed by atoms with Crippen LogP contribution in [0.1, 0.15) is 35.1 Å². The van der Waals surface area contributed by atoms with E-state index in [0.717, 1.165) is 45.8 Å². The molecule has 2 heterocycles. The summed E-state index contributed by atoms with van der Waals surface area (Å²) in [5, 5.41) is 0.720. The van der Waals surface area contributed by atoms with E-state index in [-0.39, 0.29) is 23.1 Å². The van der Waals surface area contributed by atoms with Gasteiger partial charge < -0.3 is 0 Å². The molecule has 4 aromatic carbocycles. The van der Waals surface area contributed by atoms with E-state index in [1.807, 2.05) is 121 Å². The quantitative estimate of drug-likeness (QED) is 0.199. The van der Waals surface area contributed by atoms with Crippen LogP contribution in [0.5, 0.6) is 0 Å². The molecule has 0 saturated heterocycles. The number of carbonyl (C=O) groups is 2. The predicted molar refractivity (Wildman–Crippen MR) is 177 cm³/mol. The van der Waals surface area contributed by atoms with Crippen LogP contribution in [0.4, 0.5) is 0 Å². The van der Waals surface area contributed by atoms with E-state index < -0.39 is 11.1 Å². The van der Waals surface area contributed by atoms with Gasteiger partial charge in [-0.3, -0.25) is 19.6 Å². The summed E-state index contributed by atoms with van der Waals surface area (Å²) in [5.41, 5.74) is 1.79. The van der Waals surface area contributed by atoms with Gasteiger partial charge in [-0.25, -0.2) is 0 Å². The highest BCUT2D eigenvalue weighted by molar-refractivity contribution is 8.28. The Labute approximate surface area is 254 Å². The molecule has 0 aliphatic carbocycles. The van der Waals surface area contributed by atoms with Gasteiger partial charge in [0.15, 0.2) is 11.1 Å². The molecule has 0 bridgehead atoms. The molecule has 0 saturated carbocycles. The van der Waals surface area contributed by atoms with Crippen molar-refractivity contribution in [2.45, 2.75) is 23.9 Å². The molecule has 6 heteroatoms. The second kappa shape index (κ2) is 11.6. The van der Waals surface area contributed by atoms with Crippen molar-refractivity contribution < 1.29 is 9.59 Å². The van der Waals surface area contributed by atoms with E-state index in [2.05, 4.69) is 13.2 Å². The first-order chi connectivity index (χ1) is 20.4. The number of rotatable bonds is 9. The van der Waals surface area contributed by atoms with Crippen LogP contribution >= 0.6 is 23.5 Å². The minimum atomic E-state index is -1.53. The molecular formula is C36H28N2O2S2. The van der Waals surface area contributed by atoms with Gasteiger partial charge in [0.2, 0.25) is 10.2 Å². The molecule has 42 heavy (non-hydrogen) atoms. The van der Waals surface area contributed by atoms with Crippen LogP contribution in [0.25, 0.3) is 11.1 Å². The number of carbonyl (C=O) groups excluding carboxylic acids is 2. The van der Waals surface area contributed by atoms with Crippen molar-refractivity contribution in [2.75, 3.05) is 0 Å². The average molecular weight is 585 g/mol. The summed E-state index contributed by atoms with van der Waals surface area (Å²) in [5.74, 6) is 0. The van der Waals surface area contributed by atoms with E-state index in [0.29, 0.717) is 21.2 Å². The predicted octanol–water partition coefficient (Wildman–Crippen LogP) is 8.11. The van der Waals surface area contributed by atoms with Gasteiger partial charge in [-0.15, -0.1) is 0 Å². The van der Waals surface area contributed by atoms with E-state index >= 15 is 0 Å². The van der Waals surface area contributed by atoms with E-state index in [1.54, 1.807) is 0 Å². The Bertz CT molecular complexity index is 1600. The Kier molecular flexibility index (Phi) is 7.67. The van der Waals surface area contributed by atoms with Gasteiger partial charge in [0.1, 0.15) is 10.1 Å². The summed E-state index contributed by atoms with van der Waals surface area (Å²) in [6, 6.07) is 38.7. The number of hydrogen-bond donors (Lipinski definition) is 0. The van der Waals surface area contributed by atoms with Gasteiger partial charge in [-0.1, -0.05) is 134 Å². The van der Waals surface area contributed by atoms with Gasteiger partial charge in [0.05, 0.1) is 0 Å². The zero-order valence-corrected chi connectivity index (χ0v) is 24.5. The van der Waals surface area contributed by atoms with Crippen molar-refractivity contribution in [1.82, 2.24) is 0 Å². The molecule has 206 valence electrons. The molecular weight excluding hydrogens is 557 g/mol. The number of hydrogen-bond acceptors (Lipinski definition) is 6. The lowest BCUT2D eigenvalue weighted by Gasteiger charge is -2.39. The van der Waals surface area contributed by atoms with Crippen molar-refractivity contribution in [1.29, 1.82) is 0 Å². The monoisotopic (exact) mass is 584 g/mol. The van der Waals surface area contributed by atoms with Crippen LogP contribution in [-0.2, 0) is 9.59 Å². The van der Waals surface area contributed by atoms with Crippen molar-refractivity contribution in [3.8, 4) is 0 Å². The second-order valence-electron chi connectivity index (χ2n) is 10.4. The van der Waals surface area contributed by atoms with Crippen LogP contribution in [0.15, 0.2) is 144 Å². The fourth-order valence-electron chi connectivity index (χ4n) is 5.44. The third-order valence-electron chi connectivity index (χ3n) is 7.67. The van der Waals surface area contributed by atoms with Crippen molar-refractivity contribution >= 4 is 55.0 Å². The molecule has 0 spiro atoms. The molecule has 6 rings (SSSR count). The molecule has 0 fully saturated rings. The normalized spacial score (nSPS) is 21.6. The summed E-state index contributed by atoms with van der Waals surface area (Å²) in [6.07, 6.45) is 0.276. The van der Waals surface area contributed by atoms with Crippen molar-refractivity contribution in [3.63, 3.8) is 0 Å². The zero-order valence-electron chi connectivity index (χ0n) is 22.9. The number of benzene rings is 4. The highest BCUT2D eigenvalue weighted by Crippen LogP contribution is 2.54. The molecule has 4 aromatic rings. The summed E-state index contributed by atoms with van der Waals surface area (Å²) >= 11 is 2.16. The van der Waals surface area contributed by atoms with Crippen molar-refractivity contribution in [2.24, 2.45) is 9.98 Å². The first-order valence-electron chi connectivity index (χ1n) is 13.6. The highest BCUT2D eigenvalue weighted by atomic mass is 32.2. The van der Waals surface area contributed by atoms with Crippen LogP contribution < -0.4 is 0 Å². The van der Waals surface area contributed by atoms with Gasteiger partial charge in [-0.2, -0.15) is 0 Å². The Morgan fingerprint density at radius 3 is 1.17 bits per heavy atom. The highest BCUT2D eigenvalue weighted by Gasteiger charge is 2.66. The summed E-state index contributed by atoms with van der Waals surface area (Å²) in [6.45, 7) is 8.78. The summed E-state index contributed by atoms with van der Waals surface area (Å²) in [4.78, 5) is 39.4. The lowest BCUT2D eigenvalue weighted by molar-refractivity contribution is -0.124. The fraction of sp³-hybridized carbons (Fsp3) is 0.111. The number of thioether (sulfide) groups is 2. The SMILES string of the molecule is C=C(CC1(C2(CC(=C)c3ccccc3)N=C(c3ccccc3)SC2=O)N=C(c2ccccc2)SC1=O)c1ccccc1. The van der Waals surface area contributed by atoms with E-state index in [4.69, 9.17) is 9.98 Å². The zero-order chi connectivity index (χ0) is 29.2. The Balaban J connectivity index is 1.57. The molecule has 2 aliphatic heterocycles. The second-order valence-corrected chi connectivity index (χ2v) is 12.3. The molecule has 4 nitrogen and oxygen atoms in total.